The van der Waals surface area contributed by atoms with E-state index in [0.717, 1.165) is 11.4 Å². The first-order chi connectivity index (χ1) is 9.25. The Kier molecular flexibility index (Phi) is 3.44. The van der Waals surface area contributed by atoms with Crippen molar-refractivity contribution >= 4 is 35.0 Å². The van der Waals surface area contributed by atoms with Crippen LogP contribution in [0.15, 0.2) is 48.7 Å². The van der Waals surface area contributed by atoms with Crippen LogP contribution in [-0.2, 0) is 4.79 Å². The molecule has 19 heavy (non-hydrogen) atoms. The second kappa shape index (κ2) is 5.23. The zero-order valence-electron chi connectivity index (χ0n) is 9.99. The number of halogens is 1. The molecule has 1 aliphatic heterocycles. The molecule has 1 fully saturated rings. The van der Waals surface area contributed by atoms with E-state index in [1.165, 1.54) is 0 Å². The third kappa shape index (κ3) is 2.46. The predicted octanol–water partition coefficient (Wildman–Crippen LogP) is 3.51. The number of anilines is 1. The van der Waals surface area contributed by atoms with Crippen LogP contribution in [0.25, 0.3) is 0 Å². The Morgan fingerprint density at radius 1 is 1.26 bits per heavy atom. The van der Waals surface area contributed by atoms with Crippen molar-refractivity contribution in [2.75, 3.05) is 10.7 Å². The van der Waals surface area contributed by atoms with Crippen LogP contribution in [0.4, 0.5) is 5.69 Å². The van der Waals surface area contributed by atoms with Crippen LogP contribution >= 0.6 is 23.4 Å². The molecular weight excluding hydrogens is 280 g/mol. The molecule has 0 saturated carbocycles. The van der Waals surface area contributed by atoms with Gasteiger partial charge in [0.05, 0.1) is 11.4 Å². The Hall–Kier alpha value is -1.52. The second-order valence-electron chi connectivity index (χ2n) is 4.16. The maximum atomic E-state index is 12.1. The molecule has 2 aromatic rings. The van der Waals surface area contributed by atoms with Crippen LogP contribution in [-0.4, -0.2) is 16.6 Å². The van der Waals surface area contributed by atoms with Crippen LogP contribution in [0.1, 0.15) is 11.1 Å². The van der Waals surface area contributed by atoms with Crippen molar-refractivity contribution in [3.8, 4) is 0 Å². The van der Waals surface area contributed by atoms with Gasteiger partial charge in [-0.1, -0.05) is 23.7 Å². The fraction of sp³-hybridized carbons (Fsp3) is 0.143. The lowest BCUT2D eigenvalue weighted by Crippen LogP contribution is -2.28. The Balaban J connectivity index is 2.00. The number of aromatic nitrogens is 1. The number of nitrogens with zero attached hydrogens (tertiary/aromatic N) is 2. The maximum Gasteiger partial charge on any atom is 0.238 e. The molecule has 0 aliphatic carbocycles. The van der Waals surface area contributed by atoms with E-state index >= 15 is 0 Å². The summed E-state index contributed by atoms with van der Waals surface area (Å²) in [6, 6.07) is 13.1. The van der Waals surface area contributed by atoms with Gasteiger partial charge in [-0.3, -0.25) is 14.7 Å². The van der Waals surface area contributed by atoms with Gasteiger partial charge in [-0.2, -0.15) is 0 Å². The zero-order chi connectivity index (χ0) is 13.2. The van der Waals surface area contributed by atoms with Crippen LogP contribution < -0.4 is 4.90 Å². The zero-order valence-corrected chi connectivity index (χ0v) is 11.6. The first-order valence-electron chi connectivity index (χ1n) is 5.86. The normalized spacial score (nSPS) is 18.9. The van der Waals surface area contributed by atoms with Crippen molar-refractivity contribution in [1.29, 1.82) is 0 Å². The minimum Gasteiger partial charge on any atom is -0.293 e. The van der Waals surface area contributed by atoms with Gasteiger partial charge in [-0.15, -0.1) is 11.8 Å². The van der Waals surface area contributed by atoms with Gasteiger partial charge in [0.1, 0.15) is 5.37 Å². The molecule has 1 amide bonds. The number of hydrogen-bond acceptors (Lipinski definition) is 3. The summed E-state index contributed by atoms with van der Waals surface area (Å²) in [6.07, 6.45) is 1.74. The molecule has 1 unspecified atom stereocenters. The molecule has 0 bridgehead atoms. The highest BCUT2D eigenvalue weighted by atomic mass is 35.5. The van der Waals surface area contributed by atoms with Crippen LogP contribution in [0.3, 0.4) is 0 Å². The Labute approximate surface area is 120 Å². The quantitative estimate of drug-likeness (QED) is 0.848. The van der Waals surface area contributed by atoms with Gasteiger partial charge in [0.25, 0.3) is 0 Å². The summed E-state index contributed by atoms with van der Waals surface area (Å²) in [5.74, 6) is 0.552. The molecule has 1 atom stereocenters. The number of thioether (sulfide) groups is 1. The van der Waals surface area contributed by atoms with E-state index in [1.807, 2.05) is 30.3 Å². The van der Waals surface area contributed by atoms with E-state index in [1.54, 1.807) is 35.0 Å². The molecule has 2 heterocycles. The largest absolute Gasteiger partial charge is 0.293 e. The van der Waals surface area contributed by atoms with Crippen LogP contribution in [0, 0.1) is 0 Å². The SMILES string of the molecule is O=C1CSC(c2ccccn2)N1c1cccc(Cl)c1. The van der Waals surface area contributed by atoms with Gasteiger partial charge in [0.2, 0.25) is 5.91 Å². The van der Waals surface area contributed by atoms with Crippen molar-refractivity contribution in [3.63, 3.8) is 0 Å². The molecule has 5 heteroatoms. The Bertz CT molecular complexity index is 605. The van der Waals surface area contributed by atoms with Gasteiger partial charge in [0.15, 0.2) is 0 Å². The standard InChI is InChI=1S/C14H11ClN2OS/c15-10-4-3-5-11(8-10)17-13(18)9-19-14(17)12-6-1-2-7-16-12/h1-8,14H,9H2. The summed E-state index contributed by atoms with van der Waals surface area (Å²) in [4.78, 5) is 18.2. The highest BCUT2D eigenvalue weighted by Crippen LogP contribution is 2.41. The number of carbonyl (C=O) groups is 1. The first kappa shape index (κ1) is 12.5. The van der Waals surface area contributed by atoms with E-state index in [2.05, 4.69) is 4.98 Å². The van der Waals surface area contributed by atoms with Gasteiger partial charge < -0.3 is 0 Å². The Morgan fingerprint density at radius 2 is 2.16 bits per heavy atom. The highest BCUT2D eigenvalue weighted by Gasteiger charge is 2.34. The van der Waals surface area contributed by atoms with Crippen molar-refractivity contribution in [2.45, 2.75) is 5.37 Å². The van der Waals surface area contributed by atoms with E-state index in [0.29, 0.717) is 10.8 Å². The number of rotatable bonds is 2. The number of pyridine rings is 1. The summed E-state index contributed by atoms with van der Waals surface area (Å²) >= 11 is 7.59. The number of carbonyl (C=O) groups excluding carboxylic acids is 1. The lowest BCUT2D eigenvalue weighted by Gasteiger charge is -2.23. The van der Waals surface area contributed by atoms with Gasteiger partial charge in [-0.05, 0) is 30.3 Å². The van der Waals surface area contributed by atoms with Gasteiger partial charge in [0, 0.05) is 16.9 Å². The molecule has 3 rings (SSSR count). The fourth-order valence-electron chi connectivity index (χ4n) is 2.07. The van der Waals surface area contributed by atoms with Crippen LogP contribution in [0.5, 0.6) is 0 Å². The predicted molar refractivity (Wildman–Crippen MR) is 78.4 cm³/mol. The fourth-order valence-corrected chi connectivity index (χ4v) is 3.39. The number of hydrogen-bond donors (Lipinski definition) is 0. The van der Waals surface area contributed by atoms with Gasteiger partial charge >= 0.3 is 0 Å². The molecule has 1 saturated heterocycles. The van der Waals surface area contributed by atoms with Crippen LogP contribution in [0.2, 0.25) is 5.02 Å². The molecule has 1 aromatic carbocycles. The molecule has 0 radical (unpaired) electrons. The topological polar surface area (TPSA) is 33.2 Å². The lowest BCUT2D eigenvalue weighted by atomic mass is 10.2. The van der Waals surface area contributed by atoms with E-state index in [-0.39, 0.29) is 11.3 Å². The van der Waals surface area contributed by atoms with E-state index in [4.69, 9.17) is 11.6 Å². The highest BCUT2D eigenvalue weighted by molar-refractivity contribution is 8.00. The second-order valence-corrected chi connectivity index (χ2v) is 5.67. The maximum absolute atomic E-state index is 12.1. The monoisotopic (exact) mass is 290 g/mol. The molecular formula is C14H11ClN2OS. The van der Waals surface area contributed by atoms with E-state index in [9.17, 15) is 4.79 Å². The smallest absolute Gasteiger partial charge is 0.238 e. The van der Waals surface area contributed by atoms with Crippen molar-refractivity contribution in [2.24, 2.45) is 0 Å². The molecule has 0 N–H and O–H groups in total. The van der Waals surface area contributed by atoms with Crippen molar-refractivity contribution in [3.05, 3.63) is 59.4 Å². The average Bonchev–Trinajstić information content (AvgIpc) is 2.82. The summed E-state index contributed by atoms with van der Waals surface area (Å²) < 4.78 is 0. The van der Waals surface area contributed by atoms with E-state index < -0.39 is 0 Å². The minimum atomic E-state index is -0.0767. The third-order valence-electron chi connectivity index (χ3n) is 2.90. The lowest BCUT2D eigenvalue weighted by molar-refractivity contribution is -0.115. The molecule has 3 nitrogen and oxygen atoms in total. The average molecular weight is 291 g/mol. The van der Waals surface area contributed by atoms with Crippen molar-refractivity contribution in [1.82, 2.24) is 4.98 Å². The molecule has 96 valence electrons. The Morgan fingerprint density at radius 3 is 2.89 bits per heavy atom. The molecule has 0 spiro atoms. The number of benzene rings is 1. The number of amides is 1. The first-order valence-corrected chi connectivity index (χ1v) is 7.28. The summed E-state index contributed by atoms with van der Waals surface area (Å²) in [5, 5.41) is 0.550. The summed E-state index contributed by atoms with van der Waals surface area (Å²) in [6.45, 7) is 0. The minimum absolute atomic E-state index is 0.0767. The summed E-state index contributed by atoms with van der Waals surface area (Å²) in [5.41, 5.74) is 1.71. The summed E-state index contributed by atoms with van der Waals surface area (Å²) in [7, 11) is 0. The molecule has 1 aliphatic rings. The third-order valence-corrected chi connectivity index (χ3v) is 4.31. The van der Waals surface area contributed by atoms with Crippen molar-refractivity contribution < 1.29 is 4.79 Å². The molecule has 1 aromatic heterocycles. The van der Waals surface area contributed by atoms with Gasteiger partial charge in [-0.25, -0.2) is 0 Å².